The molecule has 0 saturated carbocycles. The number of ether oxygens (including phenoxy) is 2. The first-order chi connectivity index (χ1) is 13.1. The lowest BCUT2D eigenvalue weighted by Crippen LogP contribution is -2.24. The lowest BCUT2D eigenvalue weighted by Gasteiger charge is -2.10. The van der Waals surface area contributed by atoms with Crippen LogP contribution in [0.4, 0.5) is 0 Å². The molecule has 142 valence electrons. The molecule has 1 N–H and O–H groups in total. The molecule has 0 atom stereocenters. The number of nitriles is 1. The van der Waals surface area contributed by atoms with Gasteiger partial charge in [0.25, 0.3) is 0 Å². The van der Waals surface area contributed by atoms with E-state index >= 15 is 0 Å². The third-order valence-corrected chi connectivity index (χ3v) is 4.07. The van der Waals surface area contributed by atoms with Crippen LogP contribution in [0.3, 0.4) is 0 Å². The maximum absolute atomic E-state index is 11.2. The van der Waals surface area contributed by atoms with Crippen molar-refractivity contribution in [2.45, 2.75) is 32.6 Å². The minimum Gasteiger partial charge on any atom is -0.490 e. The van der Waals surface area contributed by atoms with Crippen LogP contribution in [0, 0.1) is 11.3 Å². The molecule has 0 unspecified atom stereocenters. The van der Waals surface area contributed by atoms with Crippen molar-refractivity contribution in [3.05, 3.63) is 59.7 Å². The highest BCUT2D eigenvalue weighted by Crippen LogP contribution is 2.18. The van der Waals surface area contributed by atoms with Gasteiger partial charge >= 0.3 is 0 Å². The Hall–Kier alpha value is -3.00. The van der Waals surface area contributed by atoms with Crippen LogP contribution in [-0.4, -0.2) is 25.7 Å². The number of carbonyl (C=O) groups is 1. The van der Waals surface area contributed by atoms with Gasteiger partial charge in [-0.2, -0.15) is 5.26 Å². The SMILES string of the molecule is CC(C)c1ccc(OCCOc2ccc(CCNC(=O)CC#N)cc2)cc1. The van der Waals surface area contributed by atoms with Gasteiger partial charge in [-0.25, -0.2) is 0 Å². The van der Waals surface area contributed by atoms with Crippen LogP contribution in [0.5, 0.6) is 11.5 Å². The van der Waals surface area contributed by atoms with Crippen molar-refractivity contribution in [3.63, 3.8) is 0 Å². The van der Waals surface area contributed by atoms with Crippen LogP contribution in [0.25, 0.3) is 0 Å². The van der Waals surface area contributed by atoms with E-state index < -0.39 is 0 Å². The van der Waals surface area contributed by atoms with Crippen molar-refractivity contribution in [2.75, 3.05) is 19.8 Å². The number of benzene rings is 2. The molecule has 1 amide bonds. The van der Waals surface area contributed by atoms with Crippen molar-refractivity contribution >= 4 is 5.91 Å². The van der Waals surface area contributed by atoms with E-state index in [1.165, 1.54) is 5.56 Å². The van der Waals surface area contributed by atoms with Crippen molar-refractivity contribution in [1.29, 1.82) is 5.26 Å². The van der Waals surface area contributed by atoms with Gasteiger partial charge in [0.1, 0.15) is 31.1 Å². The predicted octanol–water partition coefficient (Wildman–Crippen LogP) is 3.84. The molecule has 0 spiro atoms. The third-order valence-electron chi connectivity index (χ3n) is 4.07. The van der Waals surface area contributed by atoms with Gasteiger partial charge in [0.2, 0.25) is 5.91 Å². The summed E-state index contributed by atoms with van der Waals surface area (Å²) >= 11 is 0. The largest absolute Gasteiger partial charge is 0.490 e. The number of nitrogens with zero attached hydrogens (tertiary/aromatic N) is 1. The molecule has 5 nitrogen and oxygen atoms in total. The Morgan fingerprint density at radius 1 is 1.00 bits per heavy atom. The summed E-state index contributed by atoms with van der Waals surface area (Å²) < 4.78 is 11.4. The average Bonchev–Trinajstić information content (AvgIpc) is 2.67. The fraction of sp³-hybridized carbons (Fsp3) is 0.364. The molecule has 2 aromatic rings. The molecule has 2 aromatic carbocycles. The second-order valence-corrected chi connectivity index (χ2v) is 6.50. The number of hydrogen-bond donors (Lipinski definition) is 1. The van der Waals surface area contributed by atoms with Crippen molar-refractivity contribution in [1.82, 2.24) is 5.32 Å². The van der Waals surface area contributed by atoms with Crippen molar-refractivity contribution in [2.24, 2.45) is 0 Å². The Morgan fingerprint density at radius 2 is 1.56 bits per heavy atom. The minimum atomic E-state index is -0.240. The third kappa shape index (κ3) is 7.41. The standard InChI is InChI=1S/C22H26N2O3/c1-17(2)19-5-9-21(10-6-19)27-16-15-26-20-7-3-18(4-8-20)12-14-24-22(25)11-13-23/h3-10,17H,11-12,14-16H2,1-2H3,(H,24,25). The fourth-order valence-electron chi connectivity index (χ4n) is 2.50. The topological polar surface area (TPSA) is 71.3 Å². The summed E-state index contributed by atoms with van der Waals surface area (Å²) in [6, 6.07) is 17.7. The second-order valence-electron chi connectivity index (χ2n) is 6.50. The molecule has 2 rings (SSSR count). The van der Waals surface area contributed by atoms with E-state index in [2.05, 4.69) is 31.3 Å². The molecule has 0 aliphatic carbocycles. The molecule has 0 saturated heterocycles. The Morgan fingerprint density at radius 3 is 2.07 bits per heavy atom. The lowest BCUT2D eigenvalue weighted by atomic mass is 10.0. The summed E-state index contributed by atoms with van der Waals surface area (Å²) in [6.45, 7) is 5.80. The summed E-state index contributed by atoms with van der Waals surface area (Å²) in [5.74, 6) is 1.90. The van der Waals surface area contributed by atoms with E-state index in [-0.39, 0.29) is 12.3 Å². The first-order valence-corrected chi connectivity index (χ1v) is 9.16. The Bertz CT molecular complexity index is 747. The number of carbonyl (C=O) groups excluding carboxylic acids is 1. The van der Waals surface area contributed by atoms with E-state index in [0.717, 1.165) is 17.1 Å². The zero-order chi connectivity index (χ0) is 19.5. The first-order valence-electron chi connectivity index (χ1n) is 9.16. The Balaban J connectivity index is 1.66. The molecule has 0 fully saturated rings. The summed E-state index contributed by atoms with van der Waals surface area (Å²) in [5.41, 5.74) is 2.39. The Kier molecular flexibility index (Phi) is 8.18. The Labute approximate surface area is 160 Å². The maximum Gasteiger partial charge on any atom is 0.234 e. The number of hydrogen-bond acceptors (Lipinski definition) is 4. The fourth-order valence-corrected chi connectivity index (χ4v) is 2.50. The van der Waals surface area contributed by atoms with Gasteiger partial charge in [-0.3, -0.25) is 4.79 Å². The molecule has 0 aliphatic rings. The van der Waals surface area contributed by atoms with Crippen LogP contribution in [0.2, 0.25) is 0 Å². The summed E-state index contributed by atoms with van der Waals surface area (Å²) in [7, 11) is 0. The van der Waals surface area contributed by atoms with Crippen LogP contribution in [0.15, 0.2) is 48.5 Å². The number of nitrogens with one attached hydrogen (secondary N) is 1. The van der Waals surface area contributed by atoms with Gasteiger partial charge in [0, 0.05) is 6.54 Å². The van der Waals surface area contributed by atoms with Gasteiger partial charge in [0.15, 0.2) is 0 Å². The quantitative estimate of drug-likeness (QED) is 0.649. The zero-order valence-corrected chi connectivity index (χ0v) is 15.9. The molecular weight excluding hydrogens is 340 g/mol. The highest BCUT2D eigenvalue weighted by molar-refractivity contribution is 5.77. The minimum absolute atomic E-state index is 0.100. The number of rotatable bonds is 10. The van der Waals surface area contributed by atoms with Gasteiger partial charge in [-0.05, 0) is 47.7 Å². The van der Waals surface area contributed by atoms with Gasteiger partial charge in [0.05, 0.1) is 6.07 Å². The van der Waals surface area contributed by atoms with E-state index in [1.54, 1.807) is 0 Å². The van der Waals surface area contributed by atoms with E-state index in [0.29, 0.717) is 32.1 Å². The molecule has 0 radical (unpaired) electrons. The van der Waals surface area contributed by atoms with E-state index in [4.69, 9.17) is 14.7 Å². The van der Waals surface area contributed by atoms with Crippen LogP contribution in [0.1, 0.15) is 37.3 Å². The smallest absolute Gasteiger partial charge is 0.234 e. The molecular formula is C22H26N2O3. The maximum atomic E-state index is 11.2. The van der Waals surface area contributed by atoms with Crippen molar-refractivity contribution < 1.29 is 14.3 Å². The average molecular weight is 366 g/mol. The highest BCUT2D eigenvalue weighted by atomic mass is 16.5. The molecule has 0 aromatic heterocycles. The second kappa shape index (κ2) is 10.9. The first kappa shape index (κ1) is 20.3. The van der Waals surface area contributed by atoms with E-state index in [1.807, 2.05) is 42.5 Å². The summed E-state index contributed by atoms with van der Waals surface area (Å²) in [5, 5.41) is 11.1. The van der Waals surface area contributed by atoms with Gasteiger partial charge < -0.3 is 14.8 Å². The predicted molar refractivity (Wildman–Crippen MR) is 105 cm³/mol. The normalized spacial score (nSPS) is 10.3. The lowest BCUT2D eigenvalue weighted by molar-refractivity contribution is -0.120. The summed E-state index contributed by atoms with van der Waals surface area (Å²) in [6.07, 6.45) is 0.615. The van der Waals surface area contributed by atoms with Crippen molar-refractivity contribution in [3.8, 4) is 17.6 Å². The van der Waals surface area contributed by atoms with Crippen LogP contribution in [-0.2, 0) is 11.2 Å². The van der Waals surface area contributed by atoms with Gasteiger partial charge in [-0.1, -0.05) is 38.1 Å². The molecule has 0 aliphatic heterocycles. The highest BCUT2D eigenvalue weighted by Gasteiger charge is 2.01. The zero-order valence-electron chi connectivity index (χ0n) is 15.9. The number of amides is 1. The van der Waals surface area contributed by atoms with E-state index in [9.17, 15) is 4.79 Å². The monoisotopic (exact) mass is 366 g/mol. The van der Waals surface area contributed by atoms with Crippen LogP contribution < -0.4 is 14.8 Å². The molecule has 5 heteroatoms. The molecule has 27 heavy (non-hydrogen) atoms. The summed E-state index contributed by atoms with van der Waals surface area (Å²) in [4.78, 5) is 11.2. The van der Waals surface area contributed by atoms with Crippen LogP contribution >= 0.6 is 0 Å². The van der Waals surface area contributed by atoms with Gasteiger partial charge in [-0.15, -0.1) is 0 Å². The molecule has 0 bridgehead atoms. The molecule has 0 heterocycles.